The van der Waals surface area contributed by atoms with Gasteiger partial charge in [0.2, 0.25) is 0 Å². The first-order valence-corrected chi connectivity index (χ1v) is 3.94. The van der Waals surface area contributed by atoms with Gasteiger partial charge in [-0.25, -0.2) is 0 Å². The first-order chi connectivity index (χ1) is 5.24. The maximum Gasteiger partial charge on any atom is 0.0558 e. The van der Waals surface area contributed by atoms with Crippen LogP contribution in [0.25, 0.3) is 0 Å². The molecule has 0 unspecified atom stereocenters. The first kappa shape index (κ1) is 10.6. The Morgan fingerprint density at radius 2 is 2.27 bits per heavy atom. The molecule has 0 amide bonds. The van der Waals surface area contributed by atoms with Crippen molar-refractivity contribution >= 4 is 0 Å². The summed E-state index contributed by atoms with van der Waals surface area (Å²) in [6, 6.07) is 0. The van der Waals surface area contributed by atoms with Gasteiger partial charge in [0.05, 0.1) is 6.61 Å². The Hall–Kier alpha value is -0.380. The summed E-state index contributed by atoms with van der Waals surface area (Å²) in [5.74, 6) is 0. The predicted molar refractivity (Wildman–Crippen MR) is 47.4 cm³/mol. The number of nitrogens with zero attached hydrogens (tertiary/aromatic N) is 1. The van der Waals surface area contributed by atoms with E-state index in [1.807, 2.05) is 0 Å². The van der Waals surface area contributed by atoms with E-state index in [2.05, 4.69) is 18.4 Å². The van der Waals surface area contributed by atoms with Crippen molar-refractivity contribution in [1.82, 2.24) is 4.90 Å². The molecule has 3 N–H and O–H groups in total. The molecule has 11 heavy (non-hydrogen) atoms. The SMILES string of the molecule is C=C(CN)CN(CC)CCO. The Morgan fingerprint density at radius 1 is 1.64 bits per heavy atom. The van der Waals surface area contributed by atoms with Crippen LogP contribution in [-0.2, 0) is 0 Å². The Balaban J connectivity index is 3.58. The van der Waals surface area contributed by atoms with E-state index < -0.39 is 0 Å². The largest absolute Gasteiger partial charge is 0.395 e. The second-order valence-electron chi connectivity index (χ2n) is 2.55. The zero-order valence-corrected chi connectivity index (χ0v) is 7.21. The Morgan fingerprint density at radius 3 is 2.64 bits per heavy atom. The maximum absolute atomic E-state index is 8.65. The Kier molecular flexibility index (Phi) is 6.12. The highest BCUT2D eigenvalue weighted by molar-refractivity contribution is 4.98. The van der Waals surface area contributed by atoms with Gasteiger partial charge in [-0.1, -0.05) is 13.5 Å². The lowest BCUT2D eigenvalue weighted by Gasteiger charge is -2.19. The molecule has 3 nitrogen and oxygen atoms in total. The number of aliphatic hydroxyl groups is 1. The van der Waals surface area contributed by atoms with Crippen LogP contribution in [0.4, 0.5) is 0 Å². The van der Waals surface area contributed by atoms with Crippen molar-refractivity contribution in [3.63, 3.8) is 0 Å². The number of aliphatic hydroxyl groups excluding tert-OH is 1. The van der Waals surface area contributed by atoms with Crippen molar-refractivity contribution in [3.05, 3.63) is 12.2 Å². The molecule has 0 fully saturated rings. The summed E-state index contributed by atoms with van der Waals surface area (Å²) in [6.07, 6.45) is 0. The van der Waals surface area contributed by atoms with Crippen LogP contribution in [0.15, 0.2) is 12.2 Å². The van der Waals surface area contributed by atoms with Gasteiger partial charge in [0.25, 0.3) is 0 Å². The van der Waals surface area contributed by atoms with Gasteiger partial charge in [-0.3, -0.25) is 4.90 Å². The third-order valence-corrected chi connectivity index (χ3v) is 1.60. The molecule has 0 heterocycles. The second-order valence-corrected chi connectivity index (χ2v) is 2.55. The van der Waals surface area contributed by atoms with Gasteiger partial charge in [-0.05, 0) is 12.1 Å². The van der Waals surface area contributed by atoms with E-state index >= 15 is 0 Å². The van der Waals surface area contributed by atoms with Crippen LogP contribution in [0.2, 0.25) is 0 Å². The molecule has 0 spiro atoms. The van der Waals surface area contributed by atoms with Crippen LogP contribution in [0.5, 0.6) is 0 Å². The van der Waals surface area contributed by atoms with Crippen LogP contribution in [-0.4, -0.2) is 42.8 Å². The molecule has 0 aliphatic heterocycles. The number of likely N-dealkylation sites (N-methyl/N-ethyl adjacent to an activating group) is 1. The summed E-state index contributed by atoms with van der Waals surface area (Å²) in [4.78, 5) is 2.11. The third kappa shape index (κ3) is 4.95. The van der Waals surface area contributed by atoms with E-state index in [9.17, 15) is 0 Å². The molecule has 0 aromatic rings. The quantitative estimate of drug-likeness (QED) is 0.527. The van der Waals surface area contributed by atoms with Crippen molar-refractivity contribution in [3.8, 4) is 0 Å². The van der Waals surface area contributed by atoms with Gasteiger partial charge >= 0.3 is 0 Å². The molecule has 0 rings (SSSR count). The van der Waals surface area contributed by atoms with E-state index in [4.69, 9.17) is 10.8 Å². The van der Waals surface area contributed by atoms with Crippen LogP contribution < -0.4 is 5.73 Å². The summed E-state index contributed by atoms with van der Waals surface area (Å²) in [5, 5.41) is 8.65. The predicted octanol–water partition coefficient (Wildman–Crippen LogP) is -0.184. The lowest BCUT2D eigenvalue weighted by Crippen LogP contribution is -2.30. The number of hydrogen-bond acceptors (Lipinski definition) is 3. The molecule has 66 valence electrons. The average molecular weight is 158 g/mol. The number of nitrogens with two attached hydrogens (primary N) is 1. The minimum Gasteiger partial charge on any atom is -0.395 e. The molecule has 0 saturated heterocycles. The minimum absolute atomic E-state index is 0.200. The van der Waals surface area contributed by atoms with Crippen LogP contribution >= 0.6 is 0 Å². The normalized spacial score (nSPS) is 10.5. The number of hydrogen-bond donors (Lipinski definition) is 2. The standard InChI is InChI=1S/C8H18N2O/c1-3-10(4-5-11)7-8(2)6-9/h11H,2-7,9H2,1H3. The van der Waals surface area contributed by atoms with E-state index in [0.717, 1.165) is 18.7 Å². The monoisotopic (exact) mass is 158 g/mol. The van der Waals surface area contributed by atoms with Gasteiger partial charge in [-0.15, -0.1) is 0 Å². The average Bonchev–Trinajstić information content (AvgIpc) is 2.03. The fourth-order valence-electron chi connectivity index (χ4n) is 0.871. The second kappa shape index (κ2) is 6.34. The van der Waals surface area contributed by atoms with Crippen LogP contribution in [0.1, 0.15) is 6.92 Å². The molecule has 0 radical (unpaired) electrons. The zero-order chi connectivity index (χ0) is 8.69. The molecule has 0 aliphatic rings. The fraction of sp³-hybridized carbons (Fsp3) is 0.750. The highest BCUT2D eigenvalue weighted by atomic mass is 16.3. The van der Waals surface area contributed by atoms with E-state index in [1.54, 1.807) is 0 Å². The molecule has 0 bridgehead atoms. The van der Waals surface area contributed by atoms with Crippen molar-refractivity contribution in [2.45, 2.75) is 6.92 Å². The summed E-state index contributed by atoms with van der Waals surface area (Å²) < 4.78 is 0. The Labute approximate surface area is 68.5 Å². The van der Waals surface area contributed by atoms with E-state index in [0.29, 0.717) is 13.1 Å². The molecule has 3 heteroatoms. The summed E-state index contributed by atoms with van der Waals surface area (Å²) >= 11 is 0. The van der Waals surface area contributed by atoms with E-state index in [1.165, 1.54) is 0 Å². The van der Waals surface area contributed by atoms with Gasteiger partial charge < -0.3 is 10.8 Å². The lowest BCUT2D eigenvalue weighted by molar-refractivity contribution is 0.211. The van der Waals surface area contributed by atoms with Crippen LogP contribution in [0.3, 0.4) is 0 Å². The molecule has 0 aromatic carbocycles. The van der Waals surface area contributed by atoms with Crippen molar-refractivity contribution in [1.29, 1.82) is 0 Å². The maximum atomic E-state index is 8.65. The third-order valence-electron chi connectivity index (χ3n) is 1.60. The van der Waals surface area contributed by atoms with Crippen molar-refractivity contribution in [2.75, 3.05) is 32.8 Å². The molecule has 0 saturated carbocycles. The van der Waals surface area contributed by atoms with E-state index in [-0.39, 0.29) is 6.61 Å². The van der Waals surface area contributed by atoms with Gasteiger partial charge in [-0.2, -0.15) is 0 Å². The van der Waals surface area contributed by atoms with Crippen molar-refractivity contribution in [2.24, 2.45) is 5.73 Å². The highest BCUT2D eigenvalue weighted by Gasteiger charge is 2.01. The summed E-state index contributed by atoms with van der Waals surface area (Å²) in [7, 11) is 0. The number of rotatable bonds is 6. The van der Waals surface area contributed by atoms with Crippen LogP contribution in [0, 0.1) is 0 Å². The minimum atomic E-state index is 0.200. The van der Waals surface area contributed by atoms with Gasteiger partial charge in [0.1, 0.15) is 0 Å². The molecular weight excluding hydrogens is 140 g/mol. The molecule has 0 aliphatic carbocycles. The smallest absolute Gasteiger partial charge is 0.0558 e. The topological polar surface area (TPSA) is 49.5 Å². The summed E-state index contributed by atoms with van der Waals surface area (Å²) in [6.45, 7) is 9.01. The summed E-state index contributed by atoms with van der Waals surface area (Å²) in [5.41, 5.74) is 6.40. The zero-order valence-electron chi connectivity index (χ0n) is 7.21. The Bertz CT molecular complexity index is 115. The van der Waals surface area contributed by atoms with Gasteiger partial charge in [0, 0.05) is 19.6 Å². The fourth-order valence-corrected chi connectivity index (χ4v) is 0.871. The first-order valence-electron chi connectivity index (χ1n) is 3.94. The van der Waals surface area contributed by atoms with Gasteiger partial charge in [0.15, 0.2) is 0 Å². The molecular formula is C8H18N2O. The van der Waals surface area contributed by atoms with Crippen molar-refractivity contribution < 1.29 is 5.11 Å². The molecule has 0 aromatic heterocycles. The lowest BCUT2D eigenvalue weighted by atomic mass is 10.3. The highest BCUT2D eigenvalue weighted by Crippen LogP contribution is 1.93. The molecule has 0 atom stereocenters.